The van der Waals surface area contributed by atoms with E-state index in [1.54, 1.807) is 11.1 Å². The van der Waals surface area contributed by atoms with Crippen molar-refractivity contribution in [1.29, 1.82) is 0 Å². The Bertz CT molecular complexity index is 825. The SMILES string of the molecule is Cc1cnccc1N1CCCN(C(=O)C2CC(=O)N(c3nccs3)C2)CC1. The van der Waals surface area contributed by atoms with Crippen LogP contribution in [0.25, 0.3) is 0 Å². The van der Waals surface area contributed by atoms with Gasteiger partial charge in [-0.05, 0) is 25.0 Å². The van der Waals surface area contributed by atoms with E-state index in [4.69, 9.17) is 0 Å². The Labute approximate surface area is 162 Å². The van der Waals surface area contributed by atoms with Gasteiger partial charge >= 0.3 is 0 Å². The molecule has 7 nitrogen and oxygen atoms in total. The topological polar surface area (TPSA) is 69.6 Å². The molecule has 0 aliphatic carbocycles. The van der Waals surface area contributed by atoms with Crippen molar-refractivity contribution < 1.29 is 9.59 Å². The third kappa shape index (κ3) is 3.66. The standard InChI is InChI=1S/C19H23N5O2S/c1-14-12-20-4-3-16(14)22-6-2-7-23(9-8-22)18(26)15-11-17(25)24(13-15)19-21-5-10-27-19/h3-5,10,12,15H,2,6-9,11,13H2,1H3. The van der Waals surface area contributed by atoms with Crippen LogP contribution in [-0.2, 0) is 9.59 Å². The highest BCUT2D eigenvalue weighted by molar-refractivity contribution is 7.13. The van der Waals surface area contributed by atoms with Crippen LogP contribution in [0.4, 0.5) is 10.8 Å². The molecule has 0 N–H and O–H groups in total. The number of aryl methyl sites for hydroxylation is 1. The molecule has 1 atom stereocenters. The summed E-state index contributed by atoms with van der Waals surface area (Å²) >= 11 is 1.43. The van der Waals surface area contributed by atoms with Crippen molar-refractivity contribution in [3.63, 3.8) is 0 Å². The molecule has 2 aliphatic rings. The lowest BCUT2D eigenvalue weighted by atomic mass is 10.1. The van der Waals surface area contributed by atoms with E-state index >= 15 is 0 Å². The molecule has 0 bridgehead atoms. The molecule has 0 radical (unpaired) electrons. The lowest BCUT2D eigenvalue weighted by molar-refractivity contribution is -0.135. The Morgan fingerprint density at radius 1 is 1.22 bits per heavy atom. The fraction of sp³-hybridized carbons (Fsp3) is 0.474. The number of hydrogen-bond donors (Lipinski definition) is 0. The fourth-order valence-corrected chi connectivity index (χ4v) is 4.53. The molecule has 142 valence electrons. The molecule has 8 heteroatoms. The number of carbonyl (C=O) groups is 2. The normalized spacial score (nSPS) is 20.9. The highest BCUT2D eigenvalue weighted by Gasteiger charge is 2.38. The van der Waals surface area contributed by atoms with E-state index in [1.807, 2.05) is 28.7 Å². The molecule has 4 rings (SSSR count). The minimum atomic E-state index is -0.268. The van der Waals surface area contributed by atoms with Gasteiger partial charge in [0.25, 0.3) is 0 Å². The molecular formula is C19H23N5O2S. The third-order valence-corrected chi connectivity index (χ3v) is 6.06. The third-order valence-electron chi connectivity index (χ3n) is 5.26. The van der Waals surface area contributed by atoms with Gasteiger partial charge in [0.15, 0.2) is 5.13 Å². The first-order chi connectivity index (χ1) is 13.1. The molecule has 1 unspecified atom stereocenters. The van der Waals surface area contributed by atoms with Crippen LogP contribution in [-0.4, -0.2) is 59.4 Å². The predicted octanol–water partition coefficient (Wildman–Crippen LogP) is 1.94. The Hall–Kier alpha value is -2.48. The van der Waals surface area contributed by atoms with Gasteiger partial charge in [0, 0.05) is 68.8 Å². The maximum atomic E-state index is 13.0. The smallest absolute Gasteiger partial charge is 0.229 e. The minimum Gasteiger partial charge on any atom is -0.369 e. The second-order valence-corrected chi connectivity index (χ2v) is 7.92. The summed E-state index contributed by atoms with van der Waals surface area (Å²) in [6.45, 7) is 5.64. The number of rotatable bonds is 3. The fourth-order valence-electron chi connectivity index (χ4n) is 3.86. The number of nitrogens with zero attached hydrogens (tertiary/aromatic N) is 5. The summed E-state index contributed by atoms with van der Waals surface area (Å²) in [5.41, 5.74) is 2.34. The number of amides is 2. The number of anilines is 2. The van der Waals surface area contributed by atoms with E-state index in [1.165, 1.54) is 17.0 Å². The van der Waals surface area contributed by atoms with Crippen molar-refractivity contribution in [2.24, 2.45) is 5.92 Å². The summed E-state index contributed by atoms with van der Waals surface area (Å²) < 4.78 is 0. The molecule has 2 aliphatic heterocycles. The summed E-state index contributed by atoms with van der Waals surface area (Å²) in [7, 11) is 0. The van der Waals surface area contributed by atoms with Gasteiger partial charge < -0.3 is 9.80 Å². The molecule has 4 heterocycles. The first-order valence-electron chi connectivity index (χ1n) is 9.27. The number of aromatic nitrogens is 2. The maximum Gasteiger partial charge on any atom is 0.229 e. The lowest BCUT2D eigenvalue weighted by Gasteiger charge is -2.26. The van der Waals surface area contributed by atoms with E-state index in [-0.39, 0.29) is 24.2 Å². The predicted molar refractivity (Wildman–Crippen MR) is 105 cm³/mol. The first kappa shape index (κ1) is 17.9. The molecule has 0 aromatic carbocycles. The summed E-state index contributed by atoms with van der Waals surface area (Å²) in [5, 5.41) is 2.54. The Kier molecular flexibility index (Phi) is 5.07. The van der Waals surface area contributed by atoms with Crippen molar-refractivity contribution in [3.05, 3.63) is 35.6 Å². The van der Waals surface area contributed by atoms with Gasteiger partial charge in [-0.1, -0.05) is 0 Å². The van der Waals surface area contributed by atoms with E-state index in [2.05, 4.69) is 21.8 Å². The summed E-state index contributed by atoms with van der Waals surface area (Å²) in [5.74, 6) is -0.182. The van der Waals surface area contributed by atoms with Gasteiger partial charge in [0.2, 0.25) is 11.8 Å². The zero-order valence-electron chi connectivity index (χ0n) is 15.4. The van der Waals surface area contributed by atoms with Crippen LogP contribution in [0.15, 0.2) is 30.0 Å². The average Bonchev–Trinajstić information content (AvgIpc) is 3.25. The van der Waals surface area contributed by atoms with Gasteiger partial charge in [-0.3, -0.25) is 19.5 Å². The Morgan fingerprint density at radius 3 is 2.89 bits per heavy atom. The number of carbonyl (C=O) groups excluding carboxylic acids is 2. The first-order valence-corrected chi connectivity index (χ1v) is 10.2. The van der Waals surface area contributed by atoms with E-state index in [0.717, 1.165) is 31.6 Å². The molecule has 2 aromatic rings. The molecule has 0 saturated carbocycles. The van der Waals surface area contributed by atoms with Crippen LogP contribution in [0.2, 0.25) is 0 Å². The summed E-state index contributed by atoms with van der Waals surface area (Å²) in [6, 6.07) is 2.04. The quantitative estimate of drug-likeness (QED) is 0.808. The van der Waals surface area contributed by atoms with Gasteiger partial charge in [-0.25, -0.2) is 4.98 Å². The molecule has 2 aromatic heterocycles. The lowest BCUT2D eigenvalue weighted by Crippen LogP contribution is -2.40. The van der Waals surface area contributed by atoms with Crippen LogP contribution in [0, 0.1) is 12.8 Å². The molecule has 2 saturated heterocycles. The molecular weight excluding hydrogens is 362 g/mol. The average molecular weight is 385 g/mol. The monoisotopic (exact) mass is 385 g/mol. The van der Waals surface area contributed by atoms with Crippen molar-refractivity contribution in [2.45, 2.75) is 19.8 Å². The van der Waals surface area contributed by atoms with Crippen molar-refractivity contribution in [2.75, 3.05) is 42.5 Å². The van der Waals surface area contributed by atoms with E-state index < -0.39 is 0 Å². The number of pyridine rings is 1. The molecule has 27 heavy (non-hydrogen) atoms. The van der Waals surface area contributed by atoms with Crippen molar-refractivity contribution in [1.82, 2.24) is 14.9 Å². The highest BCUT2D eigenvalue weighted by Crippen LogP contribution is 2.28. The van der Waals surface area contributed by atoms with Crippen LogP contribution in [0.1, 0.15) is 18.4 Å². The second-order valence-electron chi connectivity index (χ2n) is 7.05. The number of hydrogen-bond acceptors (Lipinski definition) is 6. The van der Waals surface area contributed by atoms with Gasteiger partial charge in [-0.15, -0.1) is 11.3 Å². The van der Waals surface area contributed by atoms with Crippen molar-refractivity contribution in [3.8, 4) is 0 Å². The largest absolute Gasteiger partial charge is 0.369 e. The number of thiazole rings is 1. The van der Waals surface area contributed by atoms with Gasteiger partial charge in [0.1, 0.15) is 0 Å². The highest BCUT2D eigenvalue weighted by atomic mass is 32.1. The maximum absolute atomic E-state index is 13.0. The van der Waals surface area contributed by atoms with E-state index in [9.17, 15) is 9.59 Å². The zero-order valence-corrected chi connectivity index (χ0v) is 16.2. The second kappa shape index (κ2) is 7.64. The van der Waals surface area contributed by atoms with Crippen LogP contribution >= 0.6 is 11.3 Å². The molecule has 0 spiro atoms. The minimum absolute atomic E-state index is 0.00726. The molecule has 2 amide bonds. The summed E-state index contributed by atoms with van der Waals surface area (Å²) in [6.07, 6.45) is 6.58. The van der Waals surface area contributed by atoms with E-state index in [0.29, 0.717) is 18.2 Å². The Balaban J connectivity index is 1.40. The van der Waals surface area contributed by atoms with Crippen LogP contribution < -0.4 is 9.80 Å². The zero-order chi connectivity index (χ0) is 18.8. The van der Waals surface area contributed by atoms with Gasteiger partial charge in [-0.2, -0.15) is 0 Å². The molecule has 2 fully saturated rings. The summed E-state index contributed by atoms with van der Waals surface area (Å²) in [4.78, 5) is 39.6. The Morgan fingerprint density at radius 2 is 2.11 bits per heavy atom. The van der Waals surface area contributed by atoms with Crippen LogP contribution in [0.5, 0.6) is 0 Å². The van der Waals surface area contributed by atoms with Crippen LogP contribution in [0.3, 0.4) is 0 Å². The van der Waals surface area contributed by atoms with Gasteiger partial charge in [0.05, 0.1) is 5.92 Å². The van der Waals surface area contributed by atoms with Crippen molar-refractivity contribution >= 4 is 34.0 Å².